The lowest BCUT2D eigenvalue weighted by Gasteiger charge is -2.12. The second-order valence-electron chi connectivity index (χ2n) is 7.91. The van der Waals surface area contributed by atoms with Gasteiger partial charge in [0.2, 0.25) is 11.8 Å². The van der Waals surface area contributed by atoms with Crippen molar-refractivity contribution in [3.63, 3.8) is 0 Å². The highest BCUT2D eigenvalue weighted by molar-refractivity contribution is 6.02. The van der Waals surface area contributed by atoms with Gasteiger partial charge in [-0.25, -0.2) is 9.80 Å². The summed E-state index contributed by atoms with van der Waals surface area (Å²) in [5, 5.41) is 14.2. The fourth-order valence-electron chi connectivity index (χ4n) is 3.24. The van der Waals surface area contributed by atoms with Crippen LogP contribution in [-0.2, 0) is 16.1 Å². The van der Waals surface area contributed by atoms with Crippen molar-refractivity contribution in [3.8, 4) is 0 Å². The molecule has 3 N–H and O–H groups in total. The number of amides is 4. The Labute approximate surface area is 188 Å². The van der Waals surface area contributed by atoms with Crippen LogP contribution in [0.4, 0.5) is 10.5 Å². The Balaban J connectivity index is 1.39. The van der Waals surface area contributed by atoms with Crippen LogP contribution < -0.4 is 16.0 Å². The zero-order valence-corrected chi connectivity index (χ0v) is 18.4. The zero-order valence-electron chi connectivity index (χ0n) is 18.4. The van der Waals surface area contributed by atoms with Gasteiger partial charge in [0.1, 0.15) is 0 Å². The second kappa shape index (κ2) is 11.1. The van der Waals surface area contributed by atoms with E-state index in [4.69, 9.17) is 0 Å². The highest BCUT2D eigenvalue weighted by Gasteiger charge is 2.21. The predicted octanol–water partition coefficient (Wildman–Crippen LogP) is 3.25. The number of anilines is 1. The monoisotopic (exact) mass is 435 g/mol. The van der Waals surface area contributed by atoms with E-state index in [1.165, 1.54) is 5.01 Å². The molecule has 3 rings (SSSR count). The molecule has 0 aliphatic carbocycles. The molecule has 8 nitrogen and oxygen atoms in total. The number of rotatable bonds is 8. The topological polar surface area (TPSA) is 103 Å². The van der Waals surface area contributed by atoms with E-state index in [0.717, 1.165) is 16.8 Å². The average Bonchev–Trinajstić information content (AvgIpc) is 3.27. The molecule has 0 saturated heterocycles. The Bertz CT molecular complexity index is 971. The molecule has 168 valence electrons. The molecule has 0 saturated carbocycles. The Morgan fingerprint density at radius 1 is 1.00 bits per heavy atom. The van der Waals surface area contributed by atoms with Crippen molar-refractivity contribution in [2.45, 2.75) is 45.7 Å². The first-order chi connectivity index (χ1) is 15.4. The SMILES string of the molecule is CC(C)NC(=O)Nc1ccc(CNC(=O)CCC(=O)N2CCC(c3ccccc3)=N2)cc1. The summed E-state index contributed by atoms with van der Waals surface area (Å²) in [5.74, 6) is -0.343. The number of hydrazone groups is 1. The molecule has 0 radical (unpaired) electrons. The summed E-state index contributed by atoms with van der Waals surface area (Å²) in [6.07, 6.45) is 0.942. The van der Waals surface area contributed by atoms with Crippen LogP contribution in [-0.4, -0.2) is 41.2 Å². The number of nitrogens with one attached hydrogen (secondary N) is 3. The van der Waals surface area contributed by atoms with Crippen LogP contribution in [0.25, 0.3) is 0 Å². The minimum Gasteiger partial charge on any atom is -0.352 e. The molecular weight excluding hydrogens is 406 g/mol. The normalized spacial score (nSPS) is 13.0. The Kier molecular flexibility index (Phi) is 7.96. The standard InChI is InChI=1S/C24H29N5O3/c1-17(2)26-24(32)27-20-10-8-18(9-11-20)16-25-22(30)12-13-23(31)29-15-14-21(28-29)19-6-4-3-5-7-19/h3-11,17H,12-16H2,1-2H3,(H,25,30)(H2,26,27,32). The third-order valence-electron chi connectivity index (χ3n) is 4.88. The summed E-state index contributed by atoms with van der Waals surface area (Å²) in [5.41, 5.74) is 3.48. The first-order valence-corrected chi connectivity index (χ1v) is 10.8. The Hall–Kier alpha value is -3.68. The van der Waals surface area contributed by atoms with Gasteiger partial charge in [-0.3, -0.25) is 9.59 Å². The van der Waals surface area contributed by atoms with Gasteiger partial charge < -0.3 is 16.0 Å². The summed E-state index contributed by atoms with van der Waals surface area (Å²) < 4.78 is 0. The summed E-state index contributed by atoms with van der Waals surface area (Å²) in [6.45, 7) is 4.67. The van der Waals surface area contributed by atoms with Crippen LogP contribution in [0.3, 0.4) is 0 Å². The molecule has 8 heteroatoms. The van der Waals surface area contributed by atoms with Crippen molar-refractivity contribution in [3.05, 3.63) is 65.7 Å². The maximum Gasteiger partial charge on any atom is 0.319 e. The Morgan fingerprint density at radius 2 is 1.72 bits per heavy atom. The fraction of sp³-hybridized carbons (Fsp3) is 0.333. The highest BCUT2D eigenvalue weighted by atomic mass is 16.2. The number of hydrogen-bond donors (Lipinski definition) is 3. The van der Waals surface area contributed by atoms with Gasteiger partial charge in [0, 0.05) is 37.5 Å². The van der Waals surface area contributed by atoms with Gasteiger partial charge in [-0.05, 0) is 37.1 Å². The number of carbonyl (C=O) groups is 3. The van der Waals surface area contributed by atoms with Crippen molar-refractivity contribution < 1.29 is 14.4 Å². The van der Waals surface area contributed by atoms with Gasteiger partial charge in [0.15, 0.2) is 0 Å². The number of benzene rings is 2. The maximum atomic E-state index is 12.4. The van der Waals surface area contributed by atoms with Crippen LogP contribution in [0.5, 0.6) is 0 Å². The zero-order chi connectivity index (χ0) is 22.9. The van der Waals surface area contributed by atoms with Crippen LogP contribution in [0.2, 0.25) is 0 Å². The summed E-state index contributed by atoms with van der Waals surface area (Å²) in [6, 6.07) is 16.8. The summed E-state index contributed by atoms with van der Waals surface area (Å²) >= 11 is 0. The van der Waals surface area contributed by atoms with Crippen molar-refractivity contribution in [2.24, 2.45) is 5.10 Å². The molecule has 0 fully saturated rings. The Morgan fingerprint density at radius 3 is 2.41 bits per heavy atom. The molecule has 2 aromatic carbocycles. The van der Waals surface area contributed by atoms with E-state index in [9.17, 15) is 14.4 Å². The molecule has 1 aliphatic rings. The summed E-state index contributed by atoms with van der Waals surface area (Å²) in [7, 11) is 0. The first kappa shape index (κ1) is 23.0. The third-order valence-corrected chi connectivity index (χ3v) is 4.88. The fourth-order valence-corrected chi connectivity index (χ4v) is 3.24. The molecular formula is C24H29N5O3. The van der Waals surface area contributed by atoms with Crippen LogP contribution >= 0.6 is 0 Å². The molecule has 0 atom stereocenters. The van der Waals surface area contributed by atoms with E-state index >= 15 is 0 Å². The lowest BCUT2D eigenvalue weighted by Crippen LogP contribution is -2.34. The van der Waals surface area contributed by atoms with E-state index in [1.807, 2.05) is 56.3 Å². The summed E-state index contributed by atoms with van der Waals surface area (Å²) in [4.78, 5) is 36.3. The molecule has 1 heterocycles. The van der Waals surface area contributed by atoms with Crippen LogP contribution in [0, 0.1) is 0 Å². The van der Waals surface area contributed by atoms with Gasteiger partial charge in [-0.2, -0.15) is 5.10 Å². The van der Waals surface area contributed by atoms with E-state index in [2.05, 4.69) is 21.1 Å². The van der Waals surface area contributed by atoms with Crippen LogP contribution in [0.1, 0.15) is 44.2 Å². The smallest absolute Gasteiger partial charge is 0.319 e. The molecule has 0 unspecified atom stereocenters. The number of urea groups is 1. The van der Waals surface area contributed by atoms with Gasteiger partial charge in [-0.1, -0.05) is 42.5 Å². The quantitative estimate of drug-likeness (QED) is 0.593. The number of nitrogens with zero attached hydrogens (tertiary/aromatic N) is 2. The van der Waals surface area contributed by atoms with E-state index in [0.29, 0.717) is 25.2 Å². The van der Waals surface area contributed by atoms with E-state index < -0.39 is 0 Å². The van der Waals surface area contributed by atoms with Crippen molar-refractivity contribution in [1.29, 1.82) is 0 Å². The lowest BCUT2D eigenvalue weighted by molar-refractivity contribution is -0.133. The van der Waals surface area contributed by atoms with Gasteiger partial charge in [-0.15, -0.1) is 0 Å². The molecule has 32 heavy (non-hydrogen) atoms. The maximum absolute atomic E-state index is 12.4. The number of hydrogen-bond acceptors (Lipinski definition) is 4. The predicted molar refractivity (Wildman–Crippen MR) is 124 cm³/mol. The van der Waals surface area contributed by atoms with E-state index in [1.54, 1.807) is 12.1 Å². The molecule has 0 spiro atoms. The number of carbonyl (C=O) groups excluding carboxylic acids is 3. The average molecular weight is 436 g/mol. The van der Waals surface area contributed by atoms with Crippen molar-refractivity contribution in [1.82, 2.24) is 15.6 Å². The second-order valence-corrected chi connectivity index (χ2v) is 7.91. The lowest BCUT2D eigenvalue weighted by atomic mass is 10.1. The highest BCUT2D eigenvalue weighted by Crippen LogP contribution is 2.15. The van der Waals surface area contributed by atoms with E-state index in [-0.39, 0.29) is 36.7 Å². The molecule has 1 aliphatic heterocycles. The van der Waals surface area contributed by atoms with Gasteiger partial charge in [0.05, 0.1) is 12.3 Å². The first-order valence-electron chi connectivity index (χ1n) is 10.8. The third kappa shape index (κ3) is 6.94. The molecule has 0 aromatic heterocycles. The minimum atomic E-state index is -0.260. The van der Waals surface area contributed by atoms with Gasteiger partial charge >= 0.3 is 6.03 Å². The van der Waals surface area contributed by atoms with Crippen molar-refractivity contribution in [2.75, 3.05) is 11.9 Å². The largest absolute Gasteiger partial charge is 0.352 e. The molecule has 0 bridgehead atoms. The minimum absolute atomic E-state index is 0.0551. The van der Waals surface area contributed by atoms with Crippen molar-refractivity contribution >= 4 is 29.2 Å². The molecule has 4 amide bonds. The van der Waals surface area contributed by atoms with Gasteiger partial charge in [0.25, 0.3) is 0 Å². The van der Waals surface area contributed by atoms with Crippen LogP contribution in [0.15, 0.2) is 59.7 Å². The molecule has 2 aromatic rings.